The van der Waals surface area contributed by atoms with Gasteiger partial charge in [0, 0.05) is 67.8 Å². The average Bonchev–Trinajstić information content (AvgIpc) is 4.04. The van der Waals surface area contributed by atoms with E-state index in [1.807, 2.05) is 93.7 Å². The SMILES string of the molecule is CCCS(=O)(=O)Nc1ccc(F)c(-n2cc(-c3cncnc3)c3nc(N(C)c4ccc(B[C@H](C(=O)N5C[C@H](O)C[C@H]5C(=O)NCc5ccc(-c6scnc6C)cc5)C(C)(C)C)cc4)ccc32)c1F. The summed E-state index contributed by atoms with van der Waals surface area (Å²) in [5.74, 6) is -2.76. The number of carbonyl (C=O) groups excluding carboxylic acids is 2. The van der Waals surface area contributed by atoms with Crippen LogP contribution in [0.15, 0.2) is 103 Å². The molecule has 0 saturated carbocycles. The third-order valence-electron chi connectivity index (χ3n) is 12.3. The van der Waals surface area contributed by atoms with E-state index in [1.165, 1.54) is 22.0 Å². The molecule has 0 aliphatic carbocycles. The Balaban J connectivity index is 1.01. The van der Waals surface area contributed by atoms with E-state index in [1.54, 1.807) is 42.8 Å². The lowest BCUT2D eigenvalue weighted by Crippen LogP contribution is -2.50. The van der Waals surface area contributed by atoms with E-state index in [2.05, 4.69) is 25.0 Å². The molecule has 4 aromatic heterocycles. The number of nitrogens with zero attached hydrogens (tertiary/aromatic N) is 7. The highest BCUT2D eigenvalue weighted by atomic mass is 32.2. The number of aromatic nitrogens is 5. The molecule has 19 heteroatoms. The number of benzene rings is 3. The van der Waals surface area contributed by atoms with Crippen molar-refractivity contribution in [2.75, 3.05) is 29.0 Å². The van der Waals surface area contributed by atoms with E-state index < -0.39 is 50.7 Å². The Morgan fingerprint density at radius 3 is 2.38 bits per heavy atom. The molecule has 0 unspecified atom stereocenters. The Kier molecular flexibility index (Phi) is 13.8. The first kappa shape index (κ1) is 47.9. The zero-order chi connectivity index (χ0) is 48.5. The van der Waals surface area contributed by atoms with Crippen LogP contribution in [0, 0.1) is 24.0 Å². The Morgan fingerprint density at radius 2 is 1.72 bits per heavy atom. The van der Waals surface area contributed by atoms with Gasteiger partial charge >= 0.3 is 0 Å². The van der Waals surface area contributed by atoms with Crippen molar-refractivity contribution in [3.05, 3.63) is 126 Å². The molecular weight excluding hydrogens is 908 g/mol. The Hall–Kier alpha value is -6.57. The largest absolute Gasteiger partial charge is 0.391 e. The van der Waals surface area contributed by atoms with Crippen molar-refractivity contribution in [1.29, 1.82) is 0 Å². The summed E-state index contributed by atoms with van der Waals surface area (Å²) in [4.78, 5) is 50.2. The second-order valence-corrected chi connectivity index (χ2v) is 20.9. The monoisotopic (exact) mass is 959 g/mol. The van der Waals surface area contributed by atoms with Gasteiger partial charge in [0.25, 0.3) is 0 Å². The normalized spacial score (nSPS) is 15.6. The highest BCUT2D eigenvalue weighted by molar-refractivity contribution is 7.92. The summed E-state index contributed by atoms with van der Waals surface area (Å²) in [6.45, 7) is 9.98. The maximum absolute atomic E-state index is 16.2. The highest BCUT2D eigenvalue weighted by Gasteiger charge is 2.44. The molecule has 3 atom stereocenters. The van der Waals surface area contributed by atoms with Crippen LogP contribution in [-0.2, 0) is 26.2 Å². The fourth-order valence-electron chi connectivity index (χ4n) is 8.60. The van der Waals surface area contributed by atoms with Crippen LogP contribution in [0.1, 0.15) is 51.8 Å². The standard InChI is InChI=1S/C49H52BF2N9O5S2/c1-7-20-68(65,66)58-38-17-16-37(51)44(42(38)52)60-26-36(32-23-53-27-54-24-32)43-39(60)18-19-41(57-43)59(6)34-14-12-33(13-15-34)50-46(49(3,4)5)48(64)61-25-35(62)21-40(61)47(63)55-22-30-8-10-31(11-9-30)45-29(2)56-28-67-45/h8-19,23-24,26-28,35,40,46,50,58,62H,7,20-22,25H2,1-6H3,(H,55,63)/t35-,40+,46-/m1/s1. The third kappa shape index (κ3) is 10.1. The summed E-state index contributed by atoms with van der Waals surface area (Å²) in [7, 11) is -1.67. The number of likely N-dealkylation sites (tertiary alicyclic amines) is 1. The van der Waals surface area contributed by atoms with E-state index in [0.29, 0.717) is 41.7 Å². The second-order valence-electron chi connectivity index (χ2n) is 18.2. The molecule has 1 fully saturated rings. The van der Waals surface area contributed by atoms with Gasteiger partial charge in [0.05, 0.1) is 44.7 Å². The Labute approximate surface area is 398 Å². The molecular formula is C49H52BF2N9O5S2. The summed E-state index contributed by atoms with van der Waals surface area (Å²) >= 11 is 1.58. The van der Waals surface area contributed by atoms with Gasteiger partial charge in [-0.15, -0.1) is 11.3 Å². The molecule has 352 valence electrons. The summed E-state index contributed by atoms with van der Waals surface area (Å²) in [5.41, 5.74) is 6.79. The predicted octanol–water partition coefficient (Wildman–Crippen LogP) is 7.29. The molecule has 1 aliphatic heterocycles. The van der Waals surface area contributed by atoms with Crippen molar-refractivity contribution in [2.24, 2.45) is 5.41 Å². The number of sulfonamides is 1. The minimum absolute atomic E-state index is 0.0622. The Bertz CT molecular complexity index is 3080. The van der Waals surface area contributed by atoms with Crippen LogP contribution in [0.3, 0.4) is 0 Å². The van der Waals surface area contributed by atoms with E-state index in [9.17, 15) is 23.1 Å². The molecule has 3 N–H and O–H groups in total. The zero-order valence-corrected chi connectivity index (χ0v) is 40.2. The Morgan fingerprint density at radius 1 is 1.00 bits per heavy atom. The molecule has 14 nitrogen and oxygen atoms in total. The third-order valence-corrected chi connectivity index (χ3v) is 14.7. The number of aliphatic hydroxyl groups excluding tert-OH is 1. The maximum atomic E-state index is 16.2. The molecule has 1 saturated heterocycles. The average molecular weight is 960 g/mol. The van der Waals surface area contributed by atoms with E-state index >= 15 is 8.78 Å². The zero-order valence-electron chi connectivity index (χ0n) is 38.6. The van der Waals surface area contributed by atoms with E-state index in [4.69, 9.17) is 4.98 Å². The van der Waals surface area contributed by atoms with Crippen LogP contribution in [0.2, 0.25) is 5.82 Å². The summed E-state index contributed by atoms with van der Waals surface area (Å²) in [6, 6.07) is 20.3. The predicted molar refractivity (Wildman–Crippen MR) is 264 cm³/mol. The number of hydrogen-bond acceptors (Lipinski definition) is 11. The highest BCUT2D eigenvalue weighted by Crippen LogP contribution is 2.38. The van der Waals surface area contributed by atoms with E-state index in [-0.39, 0.29) is 42.8 Å². The number of pyridine rings is 1. The lowest BCUT2D eigenvalue weighted by atomic mass is 9.50. The molecule has 0 radical (unpaired) electrons. The quantitative estimate of drug-likeness (QED) is 0.0886. The molecule has 3 aromatic carbocycles. The molecule has 0 bridgehead atoms. The maximum Gasteiger partial charge on any atom is 0.243 e. The molecule has 2 amide bonds. The van der Waals surface area contributed by atoms with Gasteiger partial charge in [-0.3, -0.25) is 14.3 Å². The number of β-amino-alcohol motifs (C(OH)–C–C–N with tert-alkyl or cyclic N) is 1. The first-order valence-corrected chi connectivity index (χ1v) is 24.8. The number of carbonyl (C=O) groups is 2. The van der Waals surface area contributed by atoms with Crippen molar-refractivity contribution < 1.29 is 31.9 Å². The van der Waals surface area contributed by atoms with Crippen LogP contribution in [-0.4, -0.2) is 93.5 Å². The van der Waals surface area contributed by atoms with Gasteiger partial charge in [0.15, 0.2) is 13.1 Å². The number of anilines is 3. The van der Waals surface area contributed by atoms with Crippen molar-refractivity contribution in [2.45, 2.75) is 72.0 Å². The van der Waals surface area contributed by atoms with Gasteiger partial charge in [0.1, 0.15) is 29.7 Å². The van der Waals surface area contributed by atoms with Crippen molar-refractivity contribution in [3.63, 3.8) is 0 Å². The number of halogens is 2. The number of aliphatic hydroxyl groups is 1. The van der Waals surface area contributed by atoms with Crippen molar-refractivity contribution >= 4 is 74.1 Å². The summed E-state index contributed by atoms with van der Waals surface area (Å²) < 4.78 is 60.5. The topological polar surface area (TPSA) is 176 Å². The summed E-state index contributed by atoms with van der Waals surface area (Å²) in [6.07, 6.45) is 5.64. The fourth-order valence-corrected chi connectivity index (χ4v) is 10.5. The number of fused-ring (bicyclic) bond motifs is 1. The lowest BCUT2D eigenvalue weighted by molar-refractivity contribution is -0.139. The minimum atomic E-state index is -3.88. The van der Waals surface area contributed by atoms with Crippen molar-refractivity contribution in [3.8, 4) is 27.3 Å². The van der Waals surface area contributed by atoms with E-state index in [0.717, 1.165) is 45.0 Å². The van der Waals surface area contributed by atoms with Crippen LogP contribution < -0.4 is 20.4 Å². The minimum Gasteiger partial charge on any atom is -0.391 e. The fraction of sp³-hybridized carbons (Fsp3) is 0.306. The number of thiazole rings is 1. The number of nitrogens with one attached hydrogen (secondary N) is 2. The smallest absolute Gasteiger partial charge is 0.243 e. The molecule has 8 rings (SSSR count). The van der Waals surface area contributed by atoms with Gasteiger partial charge < -0.3 is 24.8 Å². The van der Waals surface area contributed by atoms with Crippen LogP contribution in [0.25, 0.3) is 38.3 Å². The number of hydrogen-bond donors (Lipinski definition) is 3. The number of aryl methyl sites for hydroxylation is 1. The molecule has 5 heterocycles. The van der Waals surface area contributed by atoms with Gasteiger partial charge in [-0.2, -0.15) is 0 Å². The molecule has 0 spiro atoms. The number of rotatable bonds is 15. The van der Waals surface area contributed by atoms with Crippen molar-refractivity contribution in [1.82, 2.24) is 34.7 Å². The lowest BCUT2D eigenvalue weighted by Gasteiger charge is -2.35. The molecule has 1 aliphatic rings. The summed E-state index contributed by atoms with van der Waals surface area (Å²) in [5, 5.41) is 13.8. The molecule has 68 heavy (non-hydrogen) atoms. The van der Waals surface area contributed by atoms with Crippen LogP contribution in [0.5, 0.6) is 0 Å². The first-order valence-electron chi connectivity index (χ1n) is 22.3. The van der Waals surface area contributed by atoms with Gasteiger partial charge in [-0.25, -0.2) is 37.1 Å². The van der Waals surface area contributed by atoms with Gasteiger partial charge in [0.2, 0.25) is 21.8 Å². The second kappa shape index (κ2) is 19.6. The first-order chi connectivity index (χ1) is 32.4. The van der Waals surface area contributed by atoms with Gasteiger partial charge in [-0.1, -0.05) is 69.6 Å². The number of amides is 2. The van der Waals surface area contributed by atoms with Gasteiger partial charge in [-0.05, 0) is 66.3 Å². The van der Waals surface area contributed by atoms with Crippen LogP contribution in [0.4, 0.5) is 26.0 Å². The molecule has 7 aromatic rings. The van der Waals surface area contributed by atoms with Crippen LogP contribution >= 0.6 is 11.3 Å².